The average molecular weight is 345 g/mol. The zero-order valence-electron chi connectivity index (χ0n) is 14.0. The van der Waals surface area contributed by atoms with Crippen LogP contribution in [0.2, 0.25) is 0 Å². The van der Waals surface area contributed by atoms with Gasteiger partial charge in [0.15, 0.2) is 0 Å². The summed E-state index contributed by atoms with van der Waals surface area (Å²) in [6.45, 7) is 4.50. The Morgan fingerprint density at radius 2 is 2.17 bits per heavy atom. The van der Waals surface area contributed by atoms with E-state index < -0.39 is 0 Å². The third kappa shape index (κ3) is 3.00. The molecule has 0 aliphatic carbocycles. The molecule has 0 bridgehead atoms. The molecule has 2 aromatic rings. The van der Waals surface area contributed by atoms with Gasteiger partial charge < -0.3 is 9.32 Å². The van der Waals surface area contributed by atoms with Gasteiger partial charge in [-0.2, -0.15) is 0 Å². The standard InChI is InChI=1S/C18H23N3O2S/c1-13(22)21-9-3-6-16(21)15-5-2-8-20(15)11-14-12-23-18(19-14)17-7-4-10-24-17/h4,7,10,12,15-16H,2-3,5-6,8-9,11H2,1H3. The lowest BCUT2D eigenvalue weighted by atomic mass is 10.0. The van der Waals surface area contributed by atoms with Crippen LogP contribution in [0.1, 0.15) is 38.3 Å². The second-order valence-electron chi connectivity index (χ2n) is 6.72. The first kappa shape index (κ1) is 15.8. The number of hydrogen-bond acceptors (Lipinski definition) is 5. The minimum atomic E-state index is 0.214. The van der Waals surface area contributed by atoms with Gasteiger partial charge >= 0.3 is 0 Å². The molecule has 2 aromatic heterocycles. The smallest absolute Gasteiger partial charge is 0.236 e. The highest BCUT2D eigenvalue weighted by Gasteiger charge is 2.38. The van der Waals surface area contributed by atoms with Crippen molar-refractivity contribution in [2.75, 3.05) is 13.1 Å². The van der Waals surface area contributed by atoms with E-state index in [1.807, 2.05) is 17.5 Å². The maximum Gasteiger partial charge on any atom is 0.236 e. The lowest BCUT2D eigenvalue weighted by molar-refractivity contribution is -0.130. The Morgan fingerprint density at radius 3 is 2.96 bits per heavy atom. The molecule has 5 nitrogen and oxygen atoms in total. The Balaban J connectivity index is 1.47. The van der Waals surface area contributed by atoms with E-state index in [0.29, 0.717) is 18.0 Å². The summed E-state index contributed by atoms with van der Waals surface area (Å²) in [6, 6.07) is 4.87. The molecule has 4 rings (SSSR count). The van der Waals surface area contributed by atoms with Crippen molar-refractivity contribution < 1.29 is 9.21 Å². The van der Waals surface area contributed by atoms with E-state index in [0.717, 1.165) is 43.0 Å². The first-order valence-corrected chi connectivity index (χ1v) is 9.60. The Bertz CT molecular complexity index is 697. The molecule has 6 heteroatoms. The maximum absolute atomic E-state index is 11.9. The van der Waals surface area contributed by atoms with Crippen LogP contribution in [0.15, 0.2) is 28.2 Å². The molecule has 0 saturated carbocycles. The number of carbonyl (C=O) groups excluding carboxylic acids is 1. The molecular formula is C18H23N3O2S. The molecule has 1 amide bonds. The van der Waals surface area contributed by atoms with E-state index in [2.05, 4.69) is 14.8 Å². The predicted octanol–water partition coefficient (Wildman–Crippen LogP) is 3.38. The van der Waals surface area contributed by atoms with E-state index in [9.17, 15) is 4.79 Å². The van der Waals surface area contributed by atoms with Crippen molar-refractivity contribution in [1.29, 1.82) is 0 Å². The minimum Gasteiger partial charge on any atom is -0.444 e. The molecule has 128 valence electrons. The quantitative estimate of drug-likeness (QED) is 0.852. The maximum atomic E-state index is 11.9. The number of rotatable bonds is 4. The summed E-state index contributed by atoms with van der Waals surface area (Å²) in [7, 11) is 0. The van der Waals surface area contributed by atoms with Crippen LogP contribution in [0.25, 0.3) is 10.8 Å². The van der Waals surface area contributed by atoms with Gasteiger partial charge in [-0.3, -0.25) is 9.69 Å². The summed E-state index contributed by atoms with van der Waals surface area (Å²) in [5.74, 6) is 0.924. The van der Waals surface area contributed by atoms with E-state index >= 15 is 0 Å². The fourth-order valence-corrected chi connectivity index (χ4v) is 4.82. The van der Waals surface area contributed by atoms with Gasteiger partial charge in [0.1, 0.15) is 6.26 Å². The van der Waals surface area contributed by atoms with Crippen LogP contribution in [0.5, 0.6) is 0 Å². The number of aromatic nitrogens is 1. The summed E-state index contributed by atoms with van der Waals surface area (Å²) < 4.78 is 5.65. The van der Waals surface area contributed by atoms with Crippen molar-refractivity contribution in [1.82, 2.24) is 14.8 Å². The van der Waals surface area contributed by atoms with Gasteiger partial charge in [0.05, 0.1) is 10.6 Å². The molecular weight excluding hydrogens is 322 g/mol. The van der Waals surface area contributed by atoms with Crippen LogP contribution in [-0.2, 0) is 11.3 Å². The second kappa shape index (κ2) is 6.69. The van der Waals surface area contributed by atoms with Crippen molar-refractivity contribution in [2.24, 2.45) is 0 Å². The van der Waals surface area contributed by atoms with E-state index in [1.165, 1.54) is 12.8 Å². The SMILES string of the molecule is CC(=O)N1CCCC1C1CCCN1Cc1coc(-c2cccs2)n1. The van der Waals surface area contributed by atoms with E-state index in [-0.39, 0.29) is 5.91 Å². The number of thiophene rings is 1. The zero-order valence-corrected chi connectivity index (χ0v) is 14.8. The van der Waals surface area contributed by atoms with Crippen LogP contribution in [-0.4, -0.2) is 45.9 Å². The largest absolute Gasteiger partial charge is 0.444 e. The predicted molar refractivity (Wildman–Crippen MR) is 93.7 cm³/mol. The number of carbonyl (C=O) groups is 1. The van der Waals surface area contributed by atoms with Gasteiger partial charge in [-0.1, -0.05) is 6.07 Å². The Hall–Kier alpha value is -1.66. The molecule has 2 fully saturated rings. The fourth-order valence-electron chi connectivity index (χ4n) is 4.17. The molecule has 0 spiro atoms. The molecule has 2 saturated heterocycles. The highest BCUT2D eigenvalue weighted by atomic mass is 32.1. The summed E-state index contributed by atoms with van der Waals surface area (Å²) in [6.07, 6.45) is 6.40. The minimum absolute atomic E-state index is 0.214. The lowest BCUT2D eigenvalue weighted by Gasteiger charge is -2.34. The molecule has 0 aromatic carbocycles. The van der Waals surface area contributed by atoms with Crippen LogP contribution >= 0.6 is 11.3 Å². The average Bonchev–Trinajstić information content (AvgIpc) is 3.35. The van der Waals surface area contributed by atoms with E-state index in [1.54, 1.807) is 24.5 Å². The van der Waals surface area contributed by atoms with Crippen LogP contribution in [0, 0.1) is 0 Å². The first-order valence-electron chi connectivity index (χ1n) is 8.72. The van der Waals surface area contributed by atoms with Crippen molar-refractivity contribution in [3.05, 3.63) is 29.5 Å². The summed E-state index contributed by atoms with van der Waals surface area (Å²) in [5.41, 5.74) is 0.984. The number of amides is 1. The number of nitrogens with zero attached hydrogens (tertiary/aromatic N) is 3. The number of oxazole rings is 1. The van der Waals surface area contributed by atoms with Gasteiger partial charge in [0, 0.05) is 32.1 Å². The fraction of sp³-hybridized carbons (Fsp3) is 0.556. The molecule has 2 aliphatic rings. The Labute approximate surface area is 146 Å². The van der Waals surface area contributed by atoms with Crippen LogP contribution in [0.3, 0.4) is 0 Å². The first-order chi connectivity index (χ1) is 11.7. The molecule has 2 atom stereocenters. The van der Waals surface area contributed by atoms with E-state index in [4.69, 9.17) is 4.42 Å². The lowest BCUT2D eigenvalue weighted by Crippen LogP contribution is -2.47. The van der Waals surface area contributed by atoms with Gasteiger partial charge in [0.2, 0.25) is 11.8 Å². The summed E-state index contributed by atoms with van der Waals surface area (Å²) in [4.78, 5) is 22.2. The molecule has 0 radical (unpaired) electrons. The molecule has 24 heavy (non-hydrogen) atoms. The van der Waals surface area contributed by atoms with Crippen molar-refractivity contribution in [2.45, 2.75) is 51.2 Å². The second-order valence-corrected chi connectivity index (χ2v) is 7.67. The van der Waals surface area contributed by atoms with Crippen molar-refractivity contribution in [3.63, 3.8) is 0 Å². The van der Waals surface area contributed by atoms with Gasteiger partial charge in [0.25, 0.3) is 0 Å². The normalized spacial score (nSPS) is 24.8. The summed E-state index contributed by atoms with van der Waals surface area (Å²) >= 11 is 1.64. The Morgan fingerprint density at radius 1 is 1.33 bits per heavy atom. The van der Waals surface area contributed by atoms with Crippen LogP contribution in [0.4, 0.5) is 0 Å². The van der Waals surface area contributed by atoms with Gasteiger partial charge in [-0.25, -0.2) is 4.98 Å². The highest BCUT2D eigenvalue weighted by Crippen LogP contribution is 2.31. The van der Waals surface area contributed by atoms with Crippen molar-refractivity contribution in [3.8, 4) is 10.8 Å². The van der Waals surface area contributed by atoms with Gasteiger partial charge in [-0.05, 0) is 43.7 Å². The topological polar surface area (TPSA) is 49.6 Å². The van der Waals surface area contributed by atoms with Crippen molar-refractivity contribution >= 4 is 17.2 Å². The number of likely N-dealkylation sites (tertiary alicyclic amines) is 2. The molecule has 0 N–H and O–H groups in total. The zero-order chi connectivity index (χ0) is 16.5. The Kier molecular flexibility index (Phi) is 4.41. The van der Waals surface area contributed by atoms with Gasteiger partial charge in [-0.15, -0.1) is 11.3 Å². The highest BCUT2D eigenvalue weighted by molar-refractivity contribution is 7.13. The molecule has 2 aliphatic heterocycles. The molecule has 4 heterocycles. The third-order valence-corrected chi connectivity index (χ3v) is 6.07. The number of hydrogen-bond donors (Lipinski definition) is 0. The summed E-state index contributed by atoms with van der Waals surface area (Å²) in [5, 5.41) is 2.03. The third-order valence-electron chi connectivity index (χ3n) is 5.21. The van der Waals surface area contributed by atoms with Crippen LogP contribution < -0.4 is 0 Å². The monoisotopic (exact) mass is 345 g/mol. The molecule has 2 unspecified atom stereocenters.